The first-order chi connectivity index (χ1) is 8.88. The molecular formula is C14H15N3S. The van der Waals surface area contributed by atoms with E-state index >= 15 is 0 Å². The fraction of sp³-hybridized carbons (Fsp3) is 0.214. The number of hydrogen-bond acceptors (Lipinski definition) is 3. The van der Waals surface area contributed by atoms with Crippen molar-refractivity contribution in [2.45, 2.75) is 13.0 Å². The summed E-state index contributed by atoms with van der Waals surface area (Å²) in [6.07, 6.45) is 5.01. The lowest BCUT2D eigenvalue weighted by molar-refractivity contribution is 0.849. The second-order valence-electron chi connectivity index (χ2n) is 4.30. The van der Waals surface area contributed by atoms with E-state index in [1.807, 2.05) is 11.7 Å². The van der Waals surface area contributed by atoms with E-state index in [-0.39, 0.29) is 0 Å². The molecule has 0 atom stereocenters. The smallest absolute Gasteiger partial charge is 0.0794 e. The molecule has 0 aliphatic carbocycles. The highest BCUT2D eigenvalue weighted by Crippen LogP contribution is 2.22. The van der Waals surface area contributed by atoms with Crippen LogP contribution in [0, 0.1) is 0 Å². The predicted molar refractivity (Wildman–Crippen MR) is 75.9 cm³/mol. The summed E-state index contributed by atoms with van der Waals surface area (Å²) >= 11 is 1.69. The van der Waals surface area contributed by atoms with Crippen molar-refractivity contribution in [3.8, 4) is 0 Å². The molecule has 0 spiro atoms. The molecule has 3 nitrogen and oxygen atoms in total. The highest BCUT2D eigenvalue weighted by molar-refractivity contribution is 7.09. The van der Waals surface area contributed by atoms with Gasteiger partial charge in [-0.2, -0.15) is 0 Å². The van der Waals surface area contributed by atoms with Gasteiger partial charge in [0.25, 0.3) is 0 Å². The lowest BCUT2D eigenvalue weighted by atomic mass is 10.1. The lowest BCUT2D eigenvalue weighted by Gasteiger charge is -2.05. The zero-order chi connectivity index (χ0) is 12.4. The van der Waals surface area contributed by atoms with Crippen LogP contribution in [-0.2, 0) is 13.0 Å². The molecule has 1 aromatic carbocycles. The monoisotopic (exact) mass is 257 g/mol. The summed E-state index contributed by atoms with van der Waals surface area (Å²) in [5, 5.41) is 1.31. The Hall–Kier alpha value is -1.65. The SMILES string of the molecule is NCCc1cccc2c1ccn2Cc1cncs1. The van der Waals surface area contributed by atoms with Crippen LogP contribution in [0.4, 0.5) is 0 Å². The Labute approximate surface area is 110 Å². The first-order valence-electron chi connectivity index (χ1n) is 6.02. The minimum absolute atomic E-state index is 0.694. The third-order valence-electron chi connectivity index (χ3n) is 3.13. The third-order valence-corrected chi connectivity index (χ3v) is 3.89. The number of hydrogen-bond donors (Lipinski definition) is 1. The second kappa shape index (κ2) is 4.92. The Balaban J connectivity index is 2.01. The third kappa shape index (κ3) is 2.05. The van der Waals surface area contributed by atoms with Gasteiger partial charge in [0.15, 0.2) is 0 Å². The van der Waals surface area contributed by atoms with Gasteiger partial charge in [-0.1, -0.05) is 12.1 Å². The summed E-state index contributed by atoms with van der Waals surface area (Å²) in [7, 11) is 0. The molecule has 0 fully saturated rings. The lowest BCUT2D eigenvalue weighted by Crippen LogP contribution is -2.03. The van der Waals surface area contributed by atoms with Gasteiger partial charge in [0.2, 0.25) is 0 Å². The van der Waals surface area contributed by atoms with Gasteiger partial charge < -0.3 is 10.3 Å². The topological polar surface area (TPSA) is 43.8 Å². The fourth-order valence-electron chi connectivity index (χ4n) is 2.29. The van der Waals surface area contributed by atoms with Crippen molar-refractivity contribution in [3.05, 3.63) is 52.6 Å². The fourth-order valence-corrected chi connectivity index (χ4v) is 2.88. The standard InChI is InChI=1S/C14H15N3S/c15-6-4-11-2-1-3-14-13(11)5-7-17(14)9-12-8-16-10-18-12/h1-3,5,7-8,10H,4,6,9,15H2. The highest BCUT2D eigenvalue weighted by atomic mass is 32.1. The largest absolute Gasteiger partial charge is 0.342 e. The average Bonchev–Trinajstić information content (AvgIpc) is 3.01. The van der Waals surface area contributed by atoms with Crippen LogP contribution in [0.5, 0.6) is 0 Å². The van der Waals surface area contributed by atoms with Gasteiger partial charge in [-0.3, -0.25) is 4.98 Å². The molecular weight excluding hydrogens is 242 g/mol. The second-order valence-corrected chi connectivity index (χ2v) is 5.27. The minimum atomic E-state index is 0.694. The summed E-state index contributed by atoms with van der Waals surface area (Å²) in [6, 6.07) is 8.61. The van der Waals surface area contributed by atoms with E-state index in [1.54, 1.807) is 11.3 Å². The van der Waals surface area contributed by atoms with Crippen LogP contribution in [-0.4, -0.2) is 16.1 Å². The van der Waals surface area contributed by atoms with Gasteiger partial charge in [0, 0.05) is 28.2 Å². The Kier molecular flexibility index (Phi) is 3.13. The van der Waals surface area contributed by atoms with Crippen molar-refractivity contribution in [1.82, 2.24) is 9.55 Å². The molecule has 0 amide bonds. The Morgan fingerprint density at radius 1 is 1.28 bits per heavy atom. The van der Waals surface area contributed by atoms with Crippen LogP contribution in [0.2, 0.25) is 0 Å². The Morgan fingerprint density at radius 3 is 3.00 bits per heavy atom. The van der Waals surface area contributed by atoms with Crippen molar-refractivity contribution in [1.29, 1.82) is 0 Å². The van der Waals surface area contributed by atoms with Gasteiger partial charge >= 0.3 is 0 Å². The molecule has 0 aliphatic heterocycles. The van der Waals surface area contributed by atoms with E-state index in [0.717, 1.165) is 13.0 Å². The first kappa shape index (κ1) is 11.4. The average molecular weight is 257 g/mol. The van der Waals surface area contributed by atoms with Crippen LogP contribution < -0.4 is 5.73 Å². The molecule has 3 aromatic rings. The molecule has 2 heterocycles. The molecule has 92 valence electrons. The number of rotatable bonds is 4. The van der Waals surface area contributed by atoms with E-state index in [4.69, 9.17) is 5.73 Å². The zero-order valence-electron chi connectivity index (χ0n) is 10.0. The number of thiazole rings is 1. The van der Waals surface area contributed by atoms with Crippen molar-refractivity contribution in [2.75, 3.05) is 6.54 Å². The quantitative estimate of drug-likeness (QED) is 0.781. The number of nitrogens with zero attached hydrogens (tertiary/aromatic N) is 2. The van der Waals surface area contributed by atoms with Gasteiger partial charge in [-0.25, -0.2) is 0 Å². The molecule has 3 rings (SSSR count). The van der Waals surface area contributed by atoms with E-state index in [2.05, 4.69) is 40.0 Å². The molecule has 0 radical (unpaired) electrons. The van der Waals surface area contributed by atoms with Crippen LogP contribution in [0.15, 0.2) is 42.2 Å². The van der Waals surface area contributed by atoms with Crippen molar-refractivity contribution in [2.24, 2.45) is 5.73 Å². The summed E-state index contributed by atoms with van der Waals surface area (Å²) < 4.78 is 2.27. The molecule has 0 saturated carbocycles. The molecule has 2 aromatic heterocycles. The van der Waals surface area contributed by atoms with Crippen LogP contribution >= 0.6 is 11.3 Å². The summed E-state index contributed by atoms with van der Waals surface area (Å²) in [6.45, 7) is 1.58. The number of aromatic nitrogens is 2. The maximum Gasteiger partial charge on any atom is 0.0794 e. The molecule has 2 N–H and O–H groups in total. The Bertz CT molecular complexity index is 640. The molecule has 0 saturated heterocycles. The highest BCUT2D eigenvalue weighted by Gasteiger charge is 2.06. The van der Waals surface area contributed by atoms with Crippen LogP contribution in [0.1, 0.15) is 10.4 Å². The van der Waals surface area contributed by atoms with Gasteiger partial charge in [-0.15, -0.1) is 11.3 Å². The first-order valence-corrected chi connectivity index (χ1v) is 6.90. The van der Waals surface area contributed by atoms with E-state index in [9.17, 15) is 0 Å². The van der Waals surface area contributed by atoms with Crippen molar-refractivity contribution >= 4 is 22.2 Å². The summed E-state index contributed by atoms with van der Waals surface area (Å²) in [5.74, 6) is 0. The summed E-state index contributed by atoms with van der Waals surface area (Å²) in [5.41, 5.74) is 10.1. The number of nitrogens with two attached hydrogens (primary N) is 1. The number of fused-ring (bicyclic) bond motifs is 1. The van der Waals surface area contributed by atoms with E-state index in [0.29, 0.717) is 6.54 Å². The zero-order valence-corrected chi connectivity index (χ0v) is 10.9. The maximum atomic E-state index is 5.65. The van der Waals surface area contributed by atoms with Gasteiger partial charge in [0.1, 0.15) is 0 Å². The van der Waals surface area contributed by atoms with Gasteiger partial charge in [0.05, 0.1) is 12.1 Å². The summed E-state index contributed by atoms with van der Waals surface area (Å²) in [4.78, 5) is 5.39. The molecule has 0 bridgehead atoms. The van der Waals surface area contributed by atoms with E-state index < -0.39 is 0 Å². The molecule has 0 aliphatic rings. The minimum Gasteiger partial charge on any atom is -0.342 e. The normalized spacial score (nSPS) is 11.2. The molecule has 0 unspecified atom stereocenters. The molecule has 4 heteroatoms. The Morgan fingerprint density at radius 2 is 2.22 bits per heavy atom. The van der Waals surface area contributed by atoms with Crippen LogP contribution in [0.3, 0.4) is 0 Å². The van der Waals surface area contributed by atoms with Crippen molar-refractivity contribution < 1.29 is 0 Å². The van der Waals surface area contributed by atoms with Gasteiger partial charge in [-0.05, 0) is 30.7 Å². The number of benzene rings is 1. The van der Waals surface area contributed by atoms with Crippen LogP contribution in [0.25, 0.3) is 10.9 Å². The van der Waals surface area contributed by atoms with E-state index in [1.165, 1.54) is 21.3 Å². The molecule has 18 heavy (non-hydrogen) atoms. The van der Waals surface area contributed by atoms with Crippen molar-refractivity contribution in [3.63, 3.8) is 0 Å². The predicted octanol–water partition coefficient (Wildman–Crippen LogP) is 2.65. The maximum absolute atomic E-state index is 5.65.